The summed E-state index contributed by atoms with van der Waals surface area (Å²) in [6.45, 7) is 4.40. The third kappa shape index (κ3) is 49.6. The molecule has 0 rings (SSSR count). The van der Waals surface area contributed by atoms with Crippen molar-refractivity contribution < 1.29 is 52.2 Å². The number of rotatable bonds is 50. The van der Waals surface area contributed by atoms with Gasteiger partial charge in [0.1, 0.15) is 12.7 Å². The van der Waals surface area contributed by atoms with Crippen molar-refractivity contribution in [3.8, 4) is 0 Å². The van der Waals surface area contributed by atoms with Crippen LogP contribution in [0.4, 0.5) is 0 Å². The van der Waals surface area contributed by atoms with Crippen molar-refractivity contribution in [1.29, 1.82) is 0 Å². The third-order valence-electron chi connectivity index (χ3n) is 11.3. The van der Waals surface area contributed by atoms with Gasteiger partial charge >= 0.3 is 25.7 Å². The average molecular weight is 1000 g/mol. The standard InChI is InChI=1S/C58H99O11P/c1-4-7-10-13-16-19-22-25-26-27-28-31-34-37-40-43-46-49-58(62)69-55(51-65-56(60)47-44-41-38-35-32-29-23-20-17-14-11-8-5-2)53-67-70(63,64)66-52-54(50-59)68-57(61)48-45-42-39-36-33-30-24-21-18-15-12-9-6-3/h7,10,16,19-21,23-26,28,31,37,40,54-55,59H,4-6,8-9,11-15,17-18,22,27,29-30,32-36,38-39,41-53H2,1-3H3,(H,63,64)/b10-7-,19-16-,23-20-,24-21-,26-25-,31-28-,40-37-. The maximum absolute atomic E-state index is 12.9. The van der Waals surface area contributed by atoms with Gasteiger partial charge in [-0.1, -0.05) is 183 Å². The molecule has 0 heterocycles. The van der Waals surface area contributed by atoms with E-state index in [0.717, 1.165) is 109 Å². The number of ether oxygens (including phenoxy) is 3. The van der Waals surface area contributed by atoms with E-state index >= 15 is 0 Å². The van der Waals surface area contributed by atoms with Crippen LogP contribution in [-0.2, 0) is 42.2 Å². The second-order valence-electron chi connectivity index (χ2n) is 18.0. The van der Waals surface area contributed by atoms with E-state index in [1.54, 1.807) is 0 Å². The molecule has 0 saturated carbocycles. The Balaban J connectivity index is 4.84. The number of allylic oxidation sites excluding steroid dienone is 14. The smallest absolute Gasteiger partial charge is 0.462 e. The Morgan fingerprint density at radius 1 is 0.414 bits per heavy atom. The molecule has 0 amide bonds. The van der Waals surface area contributed by atoms with Gasteiger partial charge < -0.3 is 24.2 Å². The van der Waals surface area contributed by atoms with Crippen LogP contribution < -0.4 is 0 Å². The topological polar surface area (TPSA) is 155 Å². The minimum atomic E-state index is -4.76. The Bertz CT molecular complexity index is 1500. The van der Waals surface area contributed by atoms with Crippen molar-refractivity contribution in [2.75, 3.05) is 26.4 Å². The van der Waals surface area contributed by atoms with Gasteiger partial charge in [-0.15, -0.1) is 0 Å². The normalized spacial score (nSPS) is 14.1. The number of hydrogen-bond donors (Lipinski definition) is 2. The first-order chi connectivity index (χ1) is 34.2. The fraction of sp³-hybridized carbons (Fsp3) is 0.707. The van der Waals surface area contributed by atoms with E-state index in [1.807, 2.05) is 12.2 Å². The zero-order chi connectivity index (χ0) is 51.3. The number of aliphatic hydroxyl groups is 1. The lowest BCUT2D eigenvalue weighted by Gasteiger charge is -2.21. The maximum Gasteiger partial charge on any atom is 0.472 e. The van der Waals surface area contributed by atoms with E-state index in [4.69, 9.17) is 23.3 Å². The molecular weight excluding hydrogens is 904 g/mol. The molecule has 0 aromatic heterocycles. The zero-order valence-electron chi connectivity index (χ0n) is 44.2. The molecule has 11 nitrogen and oxygen atoms in total. The minimum Gasteiger partial charge on any atom is -0.462 e. The van der Waals surface area contributed by atoms with E-state index in [0.29, 0.717) is 25.7 Å². The van der Waals surface area contributed by atoms with E-state index in [-0.39, 0.29) is 25.9 Å². The lowest BCUT2D eigenvalue weighted by molar-refractivity contribution is -0.161. The minimum absolute atomic E-state index is 0.0846. The van der Waals surface area contributed by atoms with Crippen LogP contribution >= 0.6 is 7.82 Å². The quantitative estimate of drug-likeness (QED) is 0.0197. The molecule has 2 N–H and O–H groups in total. The lowest BCUT2D eigenvalue weighted by Crippen LogP contribution is -2.30. The summed E-state index contributed by atoms with van der Waals surface area (Å²) in [5, 5.41) is 9.79. The molecule has 3 atom stereocenters. The van der Waals surface area contributed by atoms with E-state index in [1.165, 1.54) is 51.4 Å². The molecule has 0 spiro atoms. The van der Waals surface area contributed by atoms with Gasteiger partial charge in [-0.3, -0.25) is 23.4 Å². The number of carbonyl (C=O) groups is 3. The van der Waals surface area contributed by atoms with Gasteiger partial charge in [-0.2, -0.15) is 0 Å². The Labute approximate surface area is 426 Å². The molecule has 0 saturated heterocycles. The van der Waals surface area contributed by atoms with Crippen LogP contribution in [0, 0.1) is 0 Å². The summed E-state index contributed by atoms with van der Waals surface area (Å²) in [5.74, 6) is -1.56. The number of esters is 3. The molecule has 12 heteroatoms. The van der Waals surface area contributed by atoms with Crippen molar-refractivity contribution in [1.82, 2.24) is 0 Å². The number of hydrogen-bond acceptors (Lipinski definition) is 10. The van der Waals surface area contributed by atoms with Crippen molar-refractivity contribution in [2.45, 2.75) is 238 Å². The number of unbranched alkanes of at least 4 members (excludes halogenated alkanes) is 19. The Hall–Kier alpha value is -3.34. The summed E-state index contributed by atoms with van der Waals surface area (Å²) in [6.07, 6.45) is 58.4. The molecule has 0 aliphatic rings. The van der Waals surface area contributed by atoms with E-state index in [9.17, 15) is 28.9 Å². The Morgan fingerprint density at radius 3 is 1.21 bits per heavy atom. The molecule has 3 unspecified atom stereocenters. The summed E-state index contributed by atoms with van der Waals surface area (Å²) in [4.78, 5) is 48.4. The van der Waals surface area contributed by atoms with Gasteiger partial charge in [-0.25, -0.2) is 4.57 Å². The number of carbonyl (C=O) groups excluding carboxylic acids is 3. The fourth-order valence-electron chi connectivity index (χ4n) is 7.09. The van der Waals surface area contributed by atoms with E-state index < -0.39 is 57.8 Å². The SMILES string of the molecule is CC/C=C\C/C=C\C/C=C\C/C=C\C/C=C\CCCC(=O)OC(COC(=O)CCCCCCC/C=C\CCCCCC)COP(=O)(O)OCC(CO)OC(=O)CCCCCCC/C=C\CCCCCC. The Kier molecular flexibility index (Phi) is 49.5. The highest BCUT2D eigenvalue weighted by atomic mass is 31.2. The summed E-state index contributed by atoms with van der Waals surface area (Å²) in [7, 11) is -4.76. The maximum atomic E-state index is 12.9. The summed E-state index contributed by atoms with van der Waals surface area (Å²) in [5.41, 5.74) is 0. The van der Waals surface area contributed by atoms with Gasteiger partial charge in [0.15, 0.2) is 6.10 Å². The Morgan fingerprint density at radius 2 is 0.757 bits per heavy atom. The molecule has 0 fully saturated rings. The summed E-state index contributed by atoms with van der Waals surface area (Å²) >= 11 is 0. The summed E-state index contributed by atoms with van der Waals surface area (Å²) < 4.78 is 39.3. The van der Waals surface area contributed by atoms with Gasteiger partial charge in [0, 0.05) is 19.3 Å². The molecule has 0 aromatic rings. The van der Waals surface area contributed by atoms with Gasteiger partial charge in [0.05, 0.1) is 19.8 Å². The predicted octanol–water partition coefficient (Wildman–Crippen LogP) is 15.9. The van der Waals surface area contributed by atoms with Gasteiger partial charge in [0.2, 0.25) is 0 Å². The predicted molar refractivity (Wildman–Crippen MR) is 288 cm³/mol. The van der Waals surface area contributed by atoms with Crippen LogP contribution in [0.25, 0.3) is 0 Å². The first-order valence-electron chi connectivity index (χ1n) is 27.5. The summed E-state index contributed by atoms with van der Waals surface area (Å²) in [6, 6.07) is 0. The van der Waals surface area contributed by atoms with Gasteiger partial charge in [-0.05, 0) is 109 Å². The van der Waals surface area contributed by atoms with Crippen LogP contribution in [0.5, 0.6) is 0 Å². The molecule has 402 valence electrons. The van der Waals surface area contributed by atoms with Crippen LogP contribution in [0.1, 0.15) is 226 Å². The number of phosphoric ester groups is 1. The van der Waals surface area contributed by atoms with Crippen LogP contribution in [0.15, 0.2) is 85.1 Å². The monoisotopic (exact) mass is 1000 g/mol. The molecule has 0 aliphatic carbocycles. The third-order valence-corrected chi connectivity index (χ3v) is 12.2. The second-order valence-corrected chi connectivity index (χ2v) is 19.5. The van der Waals surface area contributed by atoms with E-state index in [2.05, 4.69) is 93.7 Å². The largest absolute Gasteiger partial charge is 0.472 e. The molecule has 70 heavy (non-hydrogen) atoms. The number of aliphatic hydroxyl groups excluding tert-OH is 1. The highest BCUT2D eigenvalue weighted by Gasteiger charge is 2.28. The van der Waals surface area contributed by atoms with Crippen molar-refractivity contribution in [3.05, 3.63) is 85.1 Å². The molecule has 0 aliphatic heterocycles. The first-order valence-corrected chi connectivity index (χ1v) is 29.0. The average Bonchev–Trinajstić information content (AvgIpc) is 3.35. The van der Waals surface area contributed by atoms with Crippen molar-refractivity contribution in [2.24, 2.45) is 0 Å². The van der Waals surface area contributed by atoms with Crippen molar-refractivity contribution >= 4 is 25.7 Å². The fourth-order valence-corrected chi connectivity index (χ4v) is 7.87. The van der Waals surface area contributed by atoms with Crippen LogP contribution in [-0.4, -0.2) is 66.5 Å². The lowest BCUT2D eigenvalue weighted by atomic mass is 10.1. The number of phosphoric acid groups is 1. The molecule has 0 aromatic carbocycles. The van der Waals surface area contributed by atoms with Gasteiger partial charge in [0.25, 0.3) is 0 Å². The first kappa shape index (κ1) is 66.7. The molecule has 0 bridgehead atoms. The molecule has 0 radical (unpaired) electrons. The van der Waals surface area contributed by atoms with Crippen molar-refractivity contribution in [3.63, 3.8) is 0 Å². The zero-order valence-corrected chi connectivity index (χ0v) is 45.1. The highest BCUT2D eigenvalue weighted by molar-refractivity contribution is 7.47. The van der Waals surface area contributed by atoms with Crippen LogP contribution in [0.3, 0.4) is 0 Å². The molecular formula is C58H99O11P. The second kappa shape index (κ2) is 52.0. The van der Waals surface area contributed by atoms with Crippen LogP contribution in [0.2, 0.25) is 0 Å². The highest BCUT2D eigenvalue weighted by Crippen LogP contribution is 2.43.